The Morgan fingerprint density at radius 1 is 1.62 bits per heavy atom. The number of hydrogen-bond donors (Lipinski definition) is 0. The molecule has 0 aliphatic carbocycles. The molecule has 1 rings (SSSR count). The summed E-state index contributed by atoms with van der Waals surface area (Å²) in [6, 6.07) is 0. The highest BCUT2D eigenvalue weighted by Crippen LogP contribution is 2.06. The van der Waals surface area contributed by atoms with Crippen molar-refractivity contribution in [1.82, 2.24) is 14.7 Å². The van der Waals surface area contributed by atoms with Crippen LogP contribution in [0.2, 0.25) is 0 Å². The van der Waals surface area contributed by atoms with Gasteiger partial charge in [0.15, 0.2) is 0 Å². The van der Waals surface area contributed by atoms with Crippen molar-refractivity contribution in [2.75, 3.05) is 7.05 Å². The van der Waals surface area contributed by atoms with Gasteiger partial charge >= 0.3 is 0 Å². The fourth-order valence-electron chi connectivity index (χ4n) is 1.59. The molecule has 0 bridgehead atoms. The van der Waals surface area contributed by atoms with Gasteiger partial charge < -0.3 is 4.90 Å². The van der Waals surface area contributed by atoms with Crippen molar-refractivity contribution in [2.24, 2.45) is 7.05 Å². The molecule has 0 saturated heterocycles. The summed E-state index contributed by atoms with van der Waals surface area (Å²) in [6.45, 7) is 4.48. The van der Waals surface area contributed by atoms with E-state index in [2.05, 4.69) is 5.10 Å². The summed E-state index contributed by atoms with van der Waals surface area (Å²) in [4.78, 5) is 13.6. The molecule has 1 aromatic rings. The third-order valence-electron chi connectivity index (χ3n) is 2.37. The van der Waals surface area contributed by atoms with Gasteiger partial charge in [-0.05, 0) is 13.3 Å². The molecule has 0 radical (unpaired) electrons. The summed E-state index contributed by atoms with van der Waals surface area (Å²) < 4.78 is 1.74. The van der Waals surface area contributed by atoms with Crippen molar-refractivity contribution in [3.8, 4) is 0 Å². The fourth-order valence-corrected chi connectivity index (χ4v) is 1.59. The van der Waals surface area contributed by atoms with Gasteiger partial charge in [-0.3, -0.25) is 9.48 Å². The molecule has 4 nitrogen and oxygen atoms in total. The molecule has 1 aromatic heterocycles. The third-order valence-corrected chi connectivity index (χ3v) is 2.37. The molecule has 0 unspecified atom stereocenters. The summed E-state index contributed by atoms with van der Waals surface area (Å²) in [5.74, 6) is 0.0747. The molecule has 0 aliphatic rings. The minimum absolute atomic E-state index is 0.0747. The molecule has 0 saturated carbocycles. The number of aryl methyl sites for hydroxylation is 1. The maximum Gasteiger partial charge on any atom is 0.249 e. The molecule has 0 N–H and O–H groups in total. The Balaban J connectivity index is 2.62. The van der Waals surface area contributed by atoms with E-state index in [4.69, 9.17) is 0 Å². The normalized spacial score (nSPS) is 11.6. The summed E-state index contributed by atoms with van der Waals surface area (Å²) in [6.07, 6.45) is 6.53. The second-order valence-electron chi connectivity index (χ2n) is 3.98. The first kappa shape index (κ1) is 12.5. The molecular weight excluding hydrogens is 202 g/mol. The van der Waals surface area contributed by atoms with E-state index in [1.165, 1.54) is 0 Å². The van der Waals surface area contributed by atoms with E-state index in [9.17, 15) is 4.79 Å². The second kappa shape index (κ2) is 5.49. The van der Waals surface area contributed by atoms with E-state index in [1.807, 2.05) is 40.2 Å². The zero-order valence-corrected chi connectivity index (χ0v) is 10.4. The van der Waals surface area contributed by atoms with E-state index >= 15 is 0 Å². The van der Waals surface area contributed by atoms with Crippen LogP contribution in [-0.2, 0) is 18.4 Å². The molecule has 0 aliphatic heterocycles. The number of aromatic nitrogens is 2. The fraction of sp³-hybridized carbons (Fsp3) is 0.500. The Hall–Kier alpha value is -1.58. The zero-order valence-electron chi connectivity index (χ0n) is 10.4. The van der Waals surface area contributed by atoms with Crippen LogP contribution in [0.3, 0.4) is 0 Å². The average Bonchev–Trinajstić information content (AvgIpc) is 2.63. The lowest BCUT2D eigenvalue weighted by atomic mass is 10.2. The number of carbonyl (C=O) groups is 1. The Morgan fingerprint density at radius 3 is 2.81 bits per heavy atom. The van der Waals surface area contributed by atoms with E-state index in [-0.39, 0.29) is 5.91 Å². The minimum Gasteiger partial charge on any atom is -0.338 e. The van der Waals surface area contributed by atoms with Crippen molar-refractivity contribution in [2.45, 2.75) is 26.8 Å². The van der Waals surface area contributed by atoms with Crippen LogP contribution < -0.4 is 0 Å². The van der Waals surface area contributed by atoms with Gasteiger partial charge in [0.1, 0.15) is 0 Å². The van der Waals surface area contributed by atoms with Gasteiger partial charge in [0, 0.05) is 38.0 Å². The van der Waals surface area contributed by atoms with Gasteiger partial charge in [0.25, 0.3) is 0 Å². The molecule has 16 heavy (non-hydrogen) atoms. The van der Waals surface area contributed by atoms with Crippen molar-refractivity contribution in [1.29, 1.82) is 0 Å². The molecule has 4 heteroatoms. The predicted molar refractivity (Wildman–Crippen MR) is 63.7 cm³/mol. The highest BCUT2D eigenvalue weighted by Gasteiger charge is 2.11. The van der Waals surface area contributed by atoms with Crippen LogP contribution in [0.4, 0.5) is 0 Å². The van der Waals surface area contributed by atoms with Gasteiger partial charge in [0.05, 0.1) is 6.20 Å². The molecule has 0 fully saturated rings. The van der Waals surface area contributed by atoms with Crippen LogP contribution in [0, 0.1) is 0 Å². The van der Waals surface area contributed by atoms with Crippen LogP contribution in [0.1, 0.15) is 25.8 Å². The average molecular weight is 221 g/mol. The van der Waals surface area contributed by atoms with E-state index in [0.29, 0.717) is 6.54 Å². The standard InChI is InChI=1S/C12H19N3O/c1-5-6-10(2)12(16)14(3)8-11-7-13-15(4)9-11/h6-7,9H,5,8H2,1-4H3/b10-6+. The Kier molecular flexibility index (Phi) is 4.28. The summed E-state index contributed by atoms with van der Waals surface area (Å²) in [7, 11) is 3.68. The van der Waals surface area contributed by atoms with Gasteiger partial charge in [-0.15, -0.1) is 0 Å². The highest BCUT2D eigenvalue weighted by molar-refractivity contribution is 5.92. The number of nitrogens with zero attached hydrogens (tertiary/aromatic N) is 3. The lowest BCUT2D eigenvalue weighted by molar-refractivity contribution is -0.126. The molecule has 0 spiro atoms. The number of amides is 1. The van der Waals surface area contributed by atoms with Crippen molar-refractivity contribution < 1.29 is 4.79 Å². The third kappa shape index (κ3) is 3.22. The first-order chi connectivity index (χ1) is 7.54. The first-order valence-electron chi connectivity index (χ1n) is 5.44. The maximum atomic E-state index is 11.9. The molecule has 0 atom stereocenters. The molecule has 1 amide bonds. The predicted octanol–water partition coefficient (Wildman–Crippen LogP) is 1.73. The van der Waals surface area contributed by atoms with Crippen molar-refractivity contribution in [3.05, 3.63) is 29.6 Å². The number of allylic oxidation sites excluding steroid dienone is 1. The van der Waals surface area contributed by atoms with Crippen LogP contribution >= 0.6 is 0 Å². The van der Waals surface area contributed by atoms with Crippen LogP contribution in [-0.4, -0.2) is 27.6 Å². The number of hydrogen-bond acceptors (Lipinski definition) is 2. The van der Waals surface area contributed by atoms with Gasteiger partial charge in [0.2, 0.25) is 5.91 Å². The topological polar surface area (TPSA) is 38.1 Å². The van der Waals surface area contributed by atoms with Gasteiger partial charge in [-0.1, -0.05) is 13.0 Å². The van der Waals surface area contributed by atoms with E-state index in [1.54, 1.807) is 15.8 Å². The number of likely N-dealkylation sites (N-methyl/N-ethyl adjacent to an activating group) is 1. The molecule has 1 heterocycles. The first-order valence-corrected chi connectivity index (χ1v) is 5.44. The Labute approximate surface area is 96.6 Å². The Bertz CT molecular complexity index is 393. The number of carbonyl (C=O) groups excluding carboxylic acids is 1. The van der Waals surface area contributed by atoms with Crippen LogP contribution in [0.5, 0.6) is 0 Å². The lowest BCUT2D eigenvalue weighted by Crippen LogP contribution is -2.26. The van der Waals surface area contributed by atoms with E-state index in [0.717, 1.165) is 17.6 Å². The molecular formula is C12H19N3O. The minimum atomic E-state index is 0.0747. The SMILES string of the molecule is CC/C=C(\C)C(=O)N(C)Cc1cnn(C)c1. The Morgan fingerprint density at radius 2 is 2.31 bits per heavy atom. The van der Waals surface area contributed by atoms with Gasteiger partial charge in [-0.25, -0.2) is 0 Å². The number of rotatable bonds is 4. The summed E-state index contributed by atoms with van der Waals surface area (Å²) >= 11 is 0. The second-order valence-corrected chi connectivity index (χ2v) is 3.98. The van der Waals surface area contributed by atoms with Crippen molar-refractivity contribution >= 4 is 5.91 Å². The maximum absolute atomic E-state index is 11.9. The molecule has 0 aromatic carbocycles. The monoisotopic (exact) mass is 221 g/mol. The largest absolute Gasteiger partial charge is 0.338 e. The van der Waals surface area contributed by atoms with Crippen molar-refractivity contribution in [3.63, 3.8) is 0 Å². The van der Waals surface area contributed by atoms with E-state index < -0.39 is 0 Å². The highest BCUT2D eigenvalue weighted by atomic mass is 16.2. The molecule has 88 valence electrons. The van der Waals surface area contributed by atoms with Crippen LogP contribution in [0.15, 0.2) is 24.0 Å². The quantitative estimate of drug-likeness (QED) is 0.726. The smallest absolute Gasteiger partial charge is 0.249 e. The summed E-state index contributed by atoms with van der Waals surface area (Å²) in [5.41, 5.74) is 1.84. The lowest BCUT2D eigenvalue weighted by Gasteiger charge is -2.16. The van der Waals surface area contributed by atoms with Gasteiger partial charge in [-0.2, -0.15) is 5.10 Å². The van der Waals surface area contributed by atoms with Crippen LogP contribution in [0.25, 0.3) is 0 Å². The summed E-state index contributed by atoms with van der Waals surface area (Å²) in [5, 5.41) is 4.07. The zero-order chi connectivity index (χ0) is 12.1.